The second-order valence-corrected chi connectivity index (χ2v) is 6.67. The minimum Gasteiger partial charge on any atom is -0.359 e. The molecule has 0 fully saturated rings. The molecule has 136 valence electrons. The summed E-state index contributed by atoms with van der Waals surface area (Å²) in [5.74, 6) is 0.955. The molecule has 0 spiro atoms. The molecule has 2 aromatic rings. The van der Waals surface area contributed by atoms with Crippen molar-refractivity contribution in [2.45, 2.75) is 52.5 Å². The van der Waals surface area contributed by atoms with Gasteiger partial charge in [0.1, 0.15) is 0 Å². The Kier molecular flexibility index (Phi) is 6.67. The first kappa shape index (κ1) is 19.1. The lowest BCUT2D eigenvalue weighted by Crippen LogP contribution is -2.05. The summed E-state index contributed by atoms with van der Waals surface area (Å²) < 4.78 is 27.3. The molecule has 0 saturated carbocycles. The molecule has 2 aromatic heterocycles. The quantitative estimate of drug-likeness (QED) is 0.620. The molecule has 0 aliphatic rings. The first-order chi connectivity index (χ1) is 11.9. The van der Waals surface area contributed by atoms with Crippen LogP contribution in [0.1, 0.15) is 58.2 Å². The summed E-state index contributed by atoms with van der Waals surface area (Å²) in [4.78, 5) is 4.44. The highest BCUT2D eigenvalue weighted by molar-refractivity contribution is 5.75. The van der Waals surface area contributed by atoms with E-state index >= 15 is 0 Å². The molecule has 0 aromatic carbocycles. The molecule has 0 radical (unpaired) electrons. The van der Waals surface area contributed by atoms with E-state index in [0.29, 0.717) is 27.5 Å². The normalized spacial score (nSPS) is 12.6. The topological polar surface area (TPSA) is 42.7 Å². The van der Waals surface area contributed by atoms with Gasteiger partial charge in [-0.05, 0) is 36.6 Å². The fourth-order valence-corrected chi connectivity index (χ4v) is 2.86. The number of halogens is 2. The van der Waals surface area contributed by atoms with E-state index in [4.69, 9.17) is 0 Å². The molecule has 1 N–H and O–H groups in total. The van der Waals surface area contributed by atoms with Gasteiger partial charge in [-0.1, -0.05) is 40.2 Å². The molecule has 0 bridgehead atoms. The Bertz CT molecular complexity index is 694. The minimum absolute atomic E-state index is 0.275. The van der Waals surface area contributed by atoms with Crippen LogP contribution in [0.3, 0.4) is 0 Å². The van der Waals surface area contributed by atoms with E-state index in [9.17, 15) is 8.78 Å². The average molecular weight is 348 g/mol. The van der Waals surface area contributed by atoms with Crippen molar-refractivity contribution in [2.24, 2.45) is 5.92 Å². The number of anilines is 1. The van der Waals surface area contributed by atoms with Crippen molar-refractivity contribution in [2.75, 3.05) is 5.32 Å². The maximum atomic E-state index is 13.3. The predicted octanol–water partition coefficient (Wildman–Crippen LogP) is 5.83. The first-order valence-corrected chi connectivity index (χ1v) is 8.63. The fourth-order valence-electron chi connectivity index (χ4n) is 2.86. The largest absolute Gasteiger partial charge is 0.359 e. The lowest BCUT2D eigenvalue weighted by Gasteiger charge is -2.14. The van der Waals surface area contributed by atoms with Crippen LogP contribution in [0.4, 0.5) is 14.5 Å². The number of aromatic nitrogens is 3. The molecule has 1 atom stereocenters. The zero-order valence-electron chi connectivity index (χ0n) is 15.0. The second-order valence-electron chi connectivity index (χ2n) is 6.67. The van der Waals surface area contributed by atoms with E-state index < -0.39 is 6.55 Å². The highest BCUT2D eigenvalue weighted by atomic mass is 19.3. The third-order valence-corrected chi connectivity index (χ3v) is 4.22. The number of hydrogen-bond donors (Lipinski definition) is 1. The lowest BCUT2D eigenvalue weighted by atomic mass is 9.96. The van der Waals surface area contributed by atoms with Gasteiger partial charge in [-0.2, -0.15) is 13.9 Å². The number of nitrogens with one attached hydrogen (secondary N) is 1. The van der Waals surface area contributed by atoms with Crippen LogP contribution in [0.25, 0.3) is 11.3 Å². The van der Waals surface area contributed by atoms with Crippen LogP contribution in [-0.2, 0) is 0 Å². The highest BCUT2D eigenvalue weighted by Gasteiger charge is 2.19. The summed E-state index contributed by atoms with van der Waals surface area (Å²) in [6.07, 6.45) is 7.84. The molecule has 2 rings (SSSR count). The molecule has 25 heavy (non-hydrogen) atoms. The summed E-state index contributed by atoms with van der Waals surface area (Å²) in [6.45, 7) is 7.43. The third-order valence-electron chi connectivity index (χ3n) is 4.22. The minimum atomic E-state index is -2.71. The second kappa shape index (κ2) is 8.74. The van der Waals surface area contributed by atoms with Crippen molar-refractivity contribution in [3.8, 4) is 11.3 Å². The summed E-state index contributed by atoms with van der Waals surface area (Å²) in [5.41, 5.74) is 2.42. The Balaban J connectivity index is 2.29. The molecule has 0 amide bonds. The van der Waals surface area contributed by atoms with Crippen LogP contribution < -0.4 is 5.32 Å². The summed E-state index contributed by atoms with van der Waals surface area (Å²) >= 11 is 0. The van der Waals surface area contributed by atoms with Crippen molar-refractivity contribution < 1.29 is 8.78 Å². The molecule has 2 heterocycles. The van der Waals surface area contributed by atoms with Crippen molar-refractivity contribution in [3.63, 3.8) is 0 Å². The van der Waals surface area contributed by atoms with Gasteiger partial charge in [0.25, 0.3) is 0 Å². The first-order valence-electron chi connectivity index (χ1n) is 8.63. The van der Waals surface area contributed by atoms with Gasteiger partial charge < -0.3 is 5.32 Å². The SMILES string of the molecule is C=CNc1cnn(C(F)F)c1-c1ccnc([C@@H](C)CCCC(C)C)c1. The van der Waals surface area contributed by atoms with Crippen molar-refractivity contribution >= 4 is 5.69 Å². The molecule has 0 aliphatic carbocycles. The summed E-state index contributed by atoms with van der Waals surface area (Å²) in [6, 6.07) is 3.61. The number of pyridine rings is 1. The van der Waals surface area contributed by atoms with Gasteiger partial charge in [0.2, 0.25) is 0 Å². The predicted molar refractivity (Wildman–Crippen MR) is 97.6 cm³/mol. The molecule has 4 nitrogen and oxygen atoms in total. The van der Waals surface area contributed by atoms with Gasteiger partial charge in [-0.15, -0.1) is 0 Å². The van der Waals surface area contributed by atoms with Crippen LogP contribution >= 0.6 is 0 Å². The fraction of sp³-hybridized carbons (Fsp3) is 0.474. The monoisotopic (exact) mass is 348 g/mol. The summed E-state index contributed by atoms with van der Waals surface area (Å²) in [7, 11) is 0. The number of alkyl halides is 2. The number of hydrogen-bond acceptors (Lipinski definition) is 3. The van der Waals surface area contributed by atoms with E-state index in [1.807, 2.05) is 6.07 Å². The van der Waals surface area contributed by atoms with Crippen molar-refractivity contribution in [1.29, 1.82) is 0 Å². The van der Waals surface area contributed by atoms with Crippen LogP contribution in [-0.4, -0.2) is 14.8 Å². The molecular weight excluding hydrogens is 322 g/mol. The zero-order valence-corrected chi connectivity index (χ0v) is 15.0. The van der Waals surface area contributed by atoms with Gasteiger partial charge in [0, 0.05) is 17.5 Å². The van der Waals surface area contributed by atoms with Gasteiger partial charge >= 0.3 is 6.55 Å². The molecule has 0 unspecified atom stereocenters. The van der Waals surface area contributed by atoms with Crippen LogP contribution in [0, 0.1) is 5.92 Å². The van der Waals surface area contributed by atoms with Crippen LogP contribution in [0.2, 0.25) is 0 Å². The molecule has 0 saturated heterocycles. The Morgan fingerprint density at radius 3 is 2.68 bits per heavy atom. The standard InChI is InChI=1S/C19H26F2N4/c1-5-22-17-12-24-25(19(20)21)18(17)15-9-10-23-16(11-15)14(4)8-6-7-13(2)3/h5,9-14,19,22H,1,6-8H2,2-4H3/t14-/m0/s1. The van der Waals surface area contributed by atoms with E-state index in [1.54, 1.807) is 12.3 Å². The maximum absolute atomic E-state index is 13.3. The number of nitrogens with zero attached hydrogens (tertiary/aromatic N) is 3. The van der Waals surface area contributed by atoms with Crippen molar-refractivity contribution in [1.82, 2.24) is 14.8 Å². The highest BCUT2D eigenvalue weighted by Crippen LogP contribution is 2.33. The smallest absolute Gasteiger partial charge is 0.333 e. The Hall–Kier alpha value is -2.24. The van der Waals surface area contributed by atoms with Crippen LogP contribution in [0.5, 0.6) is 0 Å². The maximum Gasteiger partial charge on any atom is 0.333 e. The van der Waals surface area contributed by atoms with E-state index in [1.165, 1.54) is 18.8 Å². The van der Waals surface area contributed by atoms with E-state index in [-0.39, 0.29) is 5.92 Å². The van der Waals surface area contributed by atoms with E-state index in [2.05, 4.69) is 42.7 Å². The average Bonchev–Trinajstić information content (AvgIpc) is 2.99. The van der Waals surface area contributed by atoms with Crippen molar-refractivity contribution in [3.05, 3.63) is 43.0 Å². The van der Waals surface area contributed by atoms with Gasteiger partial charge in [0.05, 0.1) is 17.6 Å². The molecular formula is C19H26F2N4. The van der Waals surface area contributed by atoms with Gasteiger partial charge in [-0.3, -0.25) is 4.98 Å². The molecule has 6 heteroatoms. The number of rotatable bonds is 9. The Morgan fingerprint density at radius 2 is 2.04 bits per heavy atom. The summed E-state index contributed by atoms with van der Waals surface area (Å²) in [5, 5.41) is 6.66. The molecule has 0 aliphatic heterocycles. The van der Waals surface area contributed by atoms with Crippen LogP contribution in [0.15, 0.2) is 37.3 Å². The lowest BCUT2D eigenvalue weighted by molar-refractivity contribution is 0.0585. The Morgan fingerprint density at radius 1 is 1.28 bits per heavy atom. The Labute approximate surface area is 148 Å². The zero-order chi connectivity index (χ0) is 18.4. The van der Waals surface area contributed by atoms with Gasteiger partial charge in [0.15, 0.2) is 0 Å². The van der Waals surface area contributed by atoms with Gasteiger partial charge in [-0.25, -0.2) is 4.68 Å². The third kappa shape index (κ3) is 4.87. The van der Waals surface area contributed by atoms with E-state index in [0.717, 1.165) is 18.5 Å².